The van der Waals surface area contributed by atoms with Crippen LogP contribution in [0.25, 0.3) is 5.65 Å². The second kappa shape index (κ2) is 8.01. The van der Waals surface area contributed by atoms with Crippen molar-refractivity contribution in [3.8, 4) is 0 Å². The van der Waals surface area contributed by atoms with Gasteiger partial charge >= 0.3 is 12.2 Å². The Morgan fingerprint density at radius 2 is 1.94 bits per heavy atom. The first kappa shape index (κ1) is 22.9. The number of likely N-dealkylation sites (tertiary alicyclic amines) is 1. The number of carbonyl (C=O) groups is 2. The van der Waals surface area contributed by atoms with E-state index < -0.39 is 11.7 Å². The summed E-state index contributed by atoms with van der Waals surface area (Å²) in [5, 5.41) is 6.92. The van der Waals surface area contributed by atoms with Crippen LogP contribution in [0.1, 0.15) is 41.6 Å². The van der Waals surface area contributed by atoms with Crippen LogP contribution in [0.5, 0.6) is 0 Å². The molecule has 1 N–H and O–H groups in total. The Kier molecular flexibility index (Phi) is 5.10. The molecule has 1 aromatic carbocycles. The number of alkyl halides is 3. The van der Waals surface area contributed by atoms with Crippen molar-refractivity contribution in [1.29, 1.82) is 0 Å². The number of nitrogens with one attached hydrogen (secondary N) is 1. The molecular weight excluding hydrogens is 473 g/mol. The van der Waals surface area contributed by atoms with Crippen molar-refractivity contribution >= 4 is 23.3 Å². The summed E-state index contributed by atoms with van der Waals surface area (Å²) in [6, 6.07) is 4.38. The van der Waals surface area contributed by atoms with Crippen LogP contribution >= 0.6 is 0 Å². The van der Waals surface area contributed by atoms with Gasteiger partial charge in [0.15, 0.2) is 0 Å². The van der Waals surface area contributed by atoms with E-state index in [9.17, 15) is 22.8 Å². The van der Waals surface area contributed by atoms with Gasteiger partial charge in [0.2, 0.25) is 0 Å². The molecule has 3 heterocycles. The highest BCUT2D eigenvalue weighted by atomic mass is 19.4. The molecule has 36 heavy (non-hydrogen) atoms. The van der Waals surface area contributed by atoms with Crippen LogP contribution in [0, 0.1) is 11.3 Å². The molecule has 2 saturated carbocycles. The van der Waals surface area contributed by atoms with E-state index in [2.05, 4.69) is 10.4 Å². The summed E-state index contributed by atoms with van der Waals surface area (Å²) in [5.41, 5.74) is 0.678. The number of hydrogen-bond donors (Lipinski definition) is 1. The average Bonchev–Trinajstić information content (AvgIpc) is 3.37. The van der Waals surface area contributed by atoms with Crippen molar-refractivity contribution in [2.45, 2.75) is 37.9 Å². The zero-order chi connectivity index (χ0) is 25.2. The molecule has 3 fully saturated rings. The van der Waals surface area contributed by atoms with Crippen molar-refractivity contribution in [2.75, 3.05) is 25.0 Å². The number of aromatic nitrogens is 3. The van der Waals surface area contributed by atoms with Gasteiger partial charge in [-0.2, -0.15) is 18.3 Å². The maximum absolute atomic E-state index is 13.1. The number of imidazole rings is 1. The molecule has 0 atom stereocenters. The Morgan fingerprint density at radius 1 is 1.19 bits per heavy atom. The minimum Gasteiger partial charge on any atom is -0.337 e. The quantitative estimate of drug-likeness (QED) is 0.570. The van der Waals surface area contributed by atoms with E-state index in [0.29, 0.717) is 31.1 Å². The van der Waals surface area contributed by atoms with Crippen LogP contribution in [-0.2, 0) is 13.2 Å². The van der Waals surface area contributed by atoms with Gasteiger partial charge in [0, 0.05) is 56.2 Å². The SMILES string of the molecule is Cn1ccn2ncc(C(=O)N3CC4(CC(N(CC5CC5)C(=O)Nc5cccc(C(F)(F)F)c5)C4)C3)c12. The predicted octanol–water partition coefficient (Wildman–Crippen LogP) is 4.24. The van der Waals surface area contributed by atoms with Gasteiger partial charge < -0.3 is 19.7 Å². The highest BCUT2D eigenvalue weighted by molar-refractivity contribution is 6.00. The number of benzene rings is 1. The van der Waals surface area contributed by atoms with Gasteiger partial charge in [0.05, 0.1) is 11.8 Å². The lowest BCUT2D eigenvalue weighted by Crippen LogP contribution is -2.68. The highest BCUT2D eigenvalue weighted by Crippen LogP contribution is 2.51. The first-order valence-electron chi connectivity index (χ1n) is 12.1. The number of urea groups is 1. The van der Waals surface area contributed by atoms with E-state index in [4.69, 9.17) is 0 Å². The molecule has 2 aromatic heterocycles. The molecule has 6 rings (SSSR count). The summed E-state index contributed by atoms with van der Waals surface area (Å²) in [6.07, 6.45) is 4.48. The van der Waals surface area contributed by atoms with Gasteiger partial charge in [0.25, 0.3) is 5.91 Å². The number of anilines is 1. The zero-order valence-electron chi connectivity index (χ0n) is 19.8. The van der Waals surface area contributed by atoms with E-state index in [1.54, 1.807) is 21.8 Å². The lowest BCUT2D eigenvalue weighted by molar-refractivity contribution is -0.137. The summed E-state index contributed by atoms with van der Waals surface area (Å²) < 4.78 is 42.8. The normalized spacial score (nSPS) is 19.3. The molecule has 8 nitrogen and oxygen atoms in total. The fourth-order valence-electron chi connectivity index (χ4n) is 5.64. The Hall–Kier alpha value is -3.50. The third-order valence-electron chi connectivity index (χ3n) is 7.74. The summed E-state index contributed by atoms with van der Waals surface area (Å²) in [7, 11) is 1.88. The first-order valence-corrected chi connectivity index (χ1v) is 12.1. The maximum atomic E-state index is 13.1. The standard InChI is InChI=1S/C25H27F3N6O2/c1-31-7-8-34-21(31)20(12-29-34)22(35)32-14-24(15-32)10-19(11-24)33(13-16-5-6-16)23(36)30-18-4-2-3-17(9-18)25(26,27)28/h2-4,7-9,12,16,19H,5-6,10-11,13-15H2,1H3,(H,30,36). The topological polar surface area (TPSA) is 74.9 Å². The summed E-state index contributed by atoms with van der Waals surface area (Å²) in [4.78, 5) is 29.8. The van der Waals surface area contributed by atoms with Crippen molar-refractivity contribution < 1.29 is 22.8 Å². The molecule has 3 amide bonds. The third kappa shape index (κ3) is 4.00. The van der Waals surface area contributed by atoms with Crippen molar-refractivity contribution in [3.63, 3.8) is 0 Å². The van der Waals surface area contributed by atoms with Crippen LogP contribution in [0.15, 0.2) is 42.9 Å². The van der Waals surface area contributed by atoms with Gasteiger partial charge in [-0.05, 0) is 49.8 Å². The zero-order valence-corrected chi connectivity index (χ0v) is 19.8. The fraction of sp³-hybridized carbons (Fsp3) is 0.480. The van der Waals surface area contributed by atoms with Crippen molar-refractivity contribution in [1.82, 2.24) is 24.0 Å². The Labute approximate surface area is 205 Å². The van der Waals surface area contributed by atoms with Crippen LogP contribution in [-0.4, -0.2) is 61.6 Å². The summed E-state index contributed by atoms with van der Waals surface area (Å²) >= 11 is 0. The van der Waals surface area contributed by atoms with Gasteiger partial charge in [-0.25, -0.2) is 9.31 Å². The molecule has 2 aliphatic carbocycles. The molecule has 1 saturated heterocycles. The van der Waals surface area contributed by atoms with Gasteiger partial charge in [-0.15, -0.1) is 0 Å². The monoisotopic (exact) mass is 500 g/mol. The van der Waals surface area contributed by atoms with Crippen molar-refractivity contribution in [2.24, 2.45) is 18.4 Å². The van der Waals surface area contributed by atoms with Crippen LogP contribution in [0.3, 0.4) is 0 Å². The number of amides is 3. The van der Waals surface area contributed by atoms with Crippen LogP contribution in [0.4, 0.5) is 23.7 Å². The molecule has 1 spiro atoms. The maximum Gasteiger partial charge on any atom is 0.416 e. The number of nitrogens with zero attached hydrogens (tertiary/aromatic N) is 5. The fourth-order valence-corrected chi connectivity index (χ4v) is 5.64. The number of carbonyl (C=O) groups excluding carboxylic acids is 2. The Morgan fingerprint density at radius 3 is 2.64 bits per heavy atom. The molecule has 1 aliphatic heterocycles. The van der Waals surface area contributed by atoms with Gasteiger partial charge in [0.1, 0.15) is 11.2 Å². The summed E-state index contributed by atoms with van der Waals surface area (Å²) in [5.74, 6) is 0.404. The first-order chi connectivity index (χ1) is 17.1. The van der Waals surface area contributed by atoms with E-state index in [1.165, 1.54) is 12.1 Å². The van der Waals surface area contributed by atoms with Crippen LogP contribution < -0.4 is 5.32 Å². The van der Waals surface area contributed by atoms with Crippen molar-refractivity contribution in [3.05, 3.63) is 54.0 Å². The van der Waals surface area contributed by atoms with Crippen LogP contribution in [0.2, 0.25) is 0 Å². The van der Waals surface area contributed by atoms with Gasteiger partial charge in [-0.1, -0.05) is 6.07 Å². The minimum atomic E-state index is -4.47. The summed E-state index contributed by atoms with van der Waals surface area (Å²) in [6.45, 7) is 1.88. The Bertz CT molecular complexity index is 1330. The Balaban J connectivity index is 1.09. The lowest BCUT2D eigenvalue weighted by Gasteiger charge is -2.60. The molecule has 190 valence electrons. The number of aryl methyl sites for hydroxylation is 1. The molecule has 0 unspecified atom stereocenters. The van der Waals surface area contributed by atoms with E-state index in [1.807, 2.05) is 22.7 Å². The third-order valence-corrected chi connectivity index (χ3v) is 7.74. The van der Waals surface area contributed by atoms with E-state index in [-0.39, 0.29) is 29.1 Å². The van der Waals surface area contributed by atoms with E-state index in [0.717, 1.165) is 43.5 Å². The highest BCUT2D eigenvalue weighted by Gasteiger charge is 2.56. The number of fused-ring (bicyclic) bond motifs is 1. The number of hydrogen-bond acceptors (Lipinski definition) is 3. The molecule has 3 aliphatic rings. The molecule has 0 bridgehead atoms. The minimum absolute atomic E-state index is 0.000896. The second-order valence-electron chi connectivity index (χ2n) is 10.6. The lowest BCUT2D eigenvalue weighted by atomic mass is 9.60. The average molecular weight is 501 g/mol. The largest absolute Gasteiger partial charge is 0.416 e. The molecule has 3 aromatic rings. The van der Waals surface area contributed by atoms with E-state index >= 15 is 0 Å². The second-order valence-corrected chi connectivity index (χ2v) is 10.6. The predicted molar refractivity (Wildman–Crippen MR) is 125 cm³/mol. The van der Waals surface area contributed by atoms with Gasteiger partial charge in [-0.3, -0.25) is 4.79 Å². The molecule has 0 radical (unpaired) electrons. The molecule has 11 heteroatoms. The number of rotatable bonds is 5. The molecular formula is C25H27F3N6O2. The number of halogens is 3. The smallest absolute Gasteiger partial charge is 0.337 e.